The molecule has 0 radical (unpaired) electrons. The van der Waals surface area contributed by atoms with Crippen LogP contribution in [0.25, 0.3) is 0 Å². The molecule has 1 aliphatic heterocycles. The zero-order valence-corrected chi connectivity index (χ0v) is 9.94. The molecule has 0 unspecified atom stereocenters. The molecule has 0 spiro atoms. The van der Waals surface area contributed by atoms with Crippen LogP contribution in [0.3, 0.4) is 0 Å². The van der Waals surface area contributed by atoms with E-state index in [2.05, 4.69) is 10.3 Å². The number of amides is 2. The molecule has 2 amide bonds. The fraction of sp³-hybridized carbons (Fsp3) is 0.500. The van der Waals surface area contributed by atoms with Gasteiger partial charge in [-0.05, 0) is 12.8 Å². The lowest BCUT2D eigenvalue weighted by Crippen LogP contribution is -2.45. The highest BCUT2D eigenvalue weighted by molar-refractivity contribution is 7.09. The quantitative estimate of drug-likeness (QED) is 0.840. The van der Waals surface area contributed by atoms with Gasteiger partial charge in [0.2, 0.25) is 0 Å². The molecule has 1 aromatic heterocycles. The minimum absolute atomic E-state index is 0.316. The number of aliphatic carboxylic acids is 1. The number of rotatable bonds is 3. The zero-order valence-electron chi connectivity index (χ0n) is 9.13. The Kier molecular flexibility index (Phi) is 3.58. The molecule has 1 aliphatic rings. The van der Waals surface area contributed by atoms with Crippen molar-refractivity contribution in [3.63, 3.8) is 0 Å². The van der Waals surface area contributed by atoms with Crippen LogP contribution in [0.2, 0.25) is 0 Å². The van der Waals surface area contributed by atoms with Gasteiger partial charge < -0.3 is 15.3 Å². The summed E-state index contributed by atoms with van der Waals surface area (Å²) in [7, 11) is 0. The van der Waals surface area contributed by atoms with Crippen molar-refractivity contribution < 1.29 is 14.7 Å². The first kappa shape index (κ1) is 11.8. The molecule has 0 aromatic carbocycles. The van der Waals surface area contributed by atoms with E-state index in [1.807, 2.05) is 0 Å². The van der Waals surface area contributed by atoms with Gasteiger partial charge in [-0.15, -0.1) is 11.3 Å². The maximum absolute atomic E-state index is 11.8. The van der Waals surface area contributed by atoms with Crippen LogP contribution in [0.15, 0.2) is 11.7 Å². The third-order valence-corrected chi connectivity index (χ3v) is 3.48. The molecule has 0 bridgehead atoms. The van der Waals surface area contributed by atoms with Crippen molar-refractivity contribution in [3.05, 3.63) is 16.6 Å². The summed E-state index contributed by atoms with van der Waals surface area (Å²) in [6.45, 7) is 0.901. The second-order valence-electron chi connectivity index (χ2n) is 3.82. The Bertz CT molecular complexity index is 407. The maximum Gasteiger partial charge on any atom is 0.326 e. The number of likely N-dealkylation sites (tertiary alicyclic amines) is 1. The molecule has 1 aromatic rings. The number of carboxylic acid groups (broad SMARTS) is 1. The molecular weight excluding hydrogens is 242 g/mol. The molecule has 2 rings (SSSR count). The molecule has 6 nitrogen and oxygen atoms in total. The number of carbonyl (C=O) groups excluding carboxylic acids is 1. The van der Waals surface area contributed by atoms with Crippen molar-refractivity contribution in [1.29, 1.82) is 0 Å². The van der Waals surface area contributed by atoms with E-state index >= 15 is 0 Å². The number of urea groups is 1. The normalized spacial score (nSPS) is 19.3. The number of thiazole rings is 1. The van der Waals surface area contributed by atoms with E-state index in [1.165, 1.54) is 16.2 Å². The average Bonchev–Trinajstić information content (AvgIpc) is 2.96. The van der Waals surface area contributed by atoms with Crippen molar-refractivity contribution in [2.75, 3.05) is 6.54 Å². The maximum atomic E-state index is 11.8. The third-order valence-electron chi connectivity index (χ3n) is 2.70. The molecule has 2 N–H and O–H groups in total. The SMILES string of the molecule is O=C(O)[C@H]1CCCN1C(=O)NCc1cncs1. The van der Waals surface area contributed by atoms with Crippen LogP contribution in [0.1, 0.15) is 17.7 Å². The van der Waals surface area contributed by atoms with Gasteiger partial charge in [-0.2, -0.15) is 0 Å². The molecule has 0 saturated carbocycles. The summed E-state index contributed by atoms with van der Waals surface area (Å²) in [5.41, 5.74) is 1.69. The highest BCUT2D eigenvalue weighted by Crippen LogP contribution is 2.17. The van der Waals surface area contributed by atoms with Crippen molar-refractivity contribution >= 4 is 23.3 Å². The standard InChI is InChI=1S/C10H13N3O3S/c14-9(15)8-2-1-3-13(8)10(16)12-5-7-4-11-6-17-7/h4,6,8H,1-3,5H2,(H,12,16)(H,14,15)/t8-/m1/s1. The Morgan fingerprint density at radius 3 is 3.12 bits per heavy atom. The zero-order chi connectivity index (χ0) is 12.3. The molecule has 7 heteroatoms. The fourth-order valence-electron chi connectivity index (χ4n) is 1.86. The van der Waals surface area contributed by atoms with Crippen LogP contribution in [-0.4, -0.2) is 39.6 Å². The van der Waals surface area contributed by atoms with Gasteiger partial charge in [0, 0.05) is 17.6 Å². The highest BCUT2D eigenvalue weighted by Gasteiger charge is 2.33. The van der Waals surface area contributed by atoms with Crippen molar-refractivity contribution in [3.8, 4) is 0 Å². The molecule has 1 saturated heterocycles. The second kappa shape index (κ2) is 5.13. The van der Waals surface area contributed by atoms with Gasteiger partial charge in [0.25, 0.3) is 0 Å². The second-order valence-corrected chi connectivity index (χ2v) is 4.79. The first-order valence-corrected chi connectivity index (χ1v) is 6.21. The smallest absolute Gasteiger partial charge is 0.326 e. The van der Waals surface area contributed by atoms with Crippen LogP contribution in [0, 0.1) is 0 Å². The molecule has 1 fully saturated rings. The van der Waals surface area contributed by atoms with Gasteiger partial charge in [0.15, 0.2) is 0 Å². The van der Waals surface area contributed by atoms with Gasteiger partial charge in [-0.3, -0.25) is 4.98 Å². The topological polar surface area (TPSA) is 82.5 Å². The predicted molar refractivity (Wildman–Crippen MR) is 61.7 cm³/mol. The largest absolute Gasteiger partial charge is 0.480 e. The summed E-state index contributed by atoms with van der Waals surface area (Å²) in [4.78, 5) is 28.9. The molecular formula is C10H13N3O3S. The summed E-state index contributed by atoms with van der Waals surface area (Å²) in [6.07, 6.45) is 2.96. The van der Waals surface area contributed by atoms with Crippen molar-refractivity contribution in [1.82, 2.24) is 15.2 Å². The number of hydrogen-bond acceptors (Lipinski definition) is 4. The molecule has 0 aliphatic carbocycles. The van der Waals surface area contributed by atoms with Gasteiger partial charge >= 0.3 is 12.0 Å². The number of carboxylic acids is 1. The number of hydrogen-bond donors (Lipinski definition) is 2. The van der Waals surface area contributed by atoms with Crippen LogP contribution >= 0.6 is 11.3 Å². The third kappa shape index (κ3) is 2.73. The van der Waals surface area contributed by atoms with E-state index in [4.69, 9.17) is 5.11 Å². The van der Waals surface area contributed by atoms with Gasteiger partial charge in [-0.1, -0.05) is 0 Å². The Labute approximate surface area is 102 Å². The lowest BCUT2D eigenvalue weighted by Gasteiger charge is -2.21. The number of aromatic nitrogens is 1. The summed E-state index contributed by atoms with van der Waals surface area (Å²) in [5, 5.41) is 11.7. The van der Waals surface area contributed by atoms with Gasteiger partial charge in [-0.25, -0.2) is 9.59 Å². The van der Waals surface area contributed by atoms with E-state index in [0.29, 0.717) is 19.5 Å². The van der Waals surface area contributed by atoms with Gasteiger partial charge in [0.1, 0.15) is 6.04 Å². The summed E-state index contributed by atoms with van der Waals surface area (Å²) >= 11 is 1.45. The molecule has 92 valence electrons. The summed E-state index contributed by atoms with van der Waals surface area (Å²) < 4.78 is 0. The van der Waals surface area contributed by atoms with Crippen LogP contribution in [-0.2, 0) is 11.3 Å². The number of nitrogens with one attached hydrogen (secondary N) is 1. The predicted octanol–water partition coefficient (Wildman–Crippen LogP) is 0.902. The van der Waals surface area contributed by atoms with Crippen molar-refractivity contribution in [2.45, 2.75) is 25.4 Å². The molecule has 17 heavy (non-hydrogen) atoms. The Morgan fingerprint density at radius 2 is 2.47 bits per heavy atom. The van der Waals surface area contributed by atoms with Gasteiger partial charge in [0.05, 0.1) is 12.1 Å². The summed E-state index contributed by atoms with van der Waals surface area (Å²) in [6, 6.07) is -1.00. The average molecular weight is 255 g/mol. The molecule has 1 atom stereocenters. The number of carbonyl (C=O) groups is 2. The van der Waals surface area contributed by atoms with Crippen LogP contribution < -0.4 is 5.32 Å². The Morgan fingerprint density at radius 1 is 1.65 bits per heavy atom. The van der Waals surface area contributed by atoms with Crippen LogP contribution in [0.4, 0.5) is 4.79 Å². The number of nitrogens with zero attached hydrogens (tertiary/aromatic N) is 2. The minimum Gasteiger partial charge on any atom is -0.480 e. The highest BCUT2D eigenvalue weighted by atomic mass is 32.1. The van der Waals surface area contributed by atoms with E-state index in [9.17, 15) is 9.59 Å². The lowest BCUT2D eigenvalue weighted by molar-refractivity contribution is -0.141. The van der Waals surface area contributed by atoms with Crippen molar-refractivity contribution in [2.24, 2.45) is 0 Å². The van der Waals surface area contributed by atoms with E-state index in [1.54, 1.807) is 11.7 Å². The lowest BCUT2D eigenvalue weighted by atomic mass is 10.2. The van der Waals surface area contributed by atoms with E-state index in [0.717, 1.165) is 11.3 Å². The monoisotopic (exact) mass is 255 g/mol. The van der Waals surface area contributed by atoms with E-state index in [-0.39, 0.29) is 6.03 Å². The first-order valence-electron chi connectivity index (χ1n) is 5.33. The molecule has 2 heterocycles. The van der Waals surface area contributed by atoms with Crippen LogP contribution in [0.5, 0.6) is 0 Å². The first-order chi connectivity index (χ1) is 8.18. The Hall–Kier alpha value is -1.63. The summed E-state index contributed by atoms with van der Waals surface area (Å²) in [5.74, 6) is -0.935. The minimum atomic E-state index is -0.935. The fourth-order valence-corrected chi connectivity index (χ4v) is 2.39. The Balaban J connectivity index is 1.89. The van der Waals surface area contributed by atoms with E-state index < -0.39 is 12.0 Å².